The number of aromatic amines is 1. The molecule has 11 nitrogen and oxygen atoms in total. The van der Waals surface area contributed by atoms with E-state index in [0.29, 0.717) is 11.7 Å². The van der Waals surface area contributed by atoms with Crippen LogP contribution in [0.15, 0.2) is 15.8 Å². The number of amides is 2. The van der Waals surface area contributed by atoms with Gasteiger partial charge in [0.2, 0.25) is 0 Å². The van der Waals surface area contributed by atoms with Gasteiger partial charge < -0.3 is 25.2 Å². The molecule has 0 radical (unpaired) electrons. The van der Waals surface area contributed by atoms with Gasteiger partial charge in [-0.2, -0.15) is 11.8 Å². The molecule has 1 aromatic heterocycles. The molecule has 3 aliphatic heterocycles. The summed E-state index contributed by atoms with van der Waals surface area (Å²) in [6.07, 6.45) is 6.63. The molecule has 0 unspecified atom stereocenters. The van der Waals surface area contributed by atoms with Crippen molar-refractivity contribution >= 4 is 23.8 Å². The molecule has 4 N–H and O–H groups in total. The van der Waals surface area contributed by atoms with Crippen LogP contribution in [0.1, 0.15) is 43.9 Å². The fraction of sp³-hybridized carbons (Fsp3) is 0.619. The molecule has 3 fully saturated rings. The first-order chi connectivity index (χ1) is 15.9. The van der Waals surface area contributed by atoms with E-state index >= 15 is 0 Å². The Morgan fingerprint density at radius 2 is 2.15 bits per heavy atom. The van der Waals surface area contributed by atoms with Crippen LogP contribution in [0.4, 0.5) is 4.79 Å². The van der Waals surface area contributed by atoms with Crippen LogP contribution < -0.4 is 21.9 Å². The summed E-state index contributed by atoms with van der Waals surface area (Å²) in [4.78, 5) is 49.3. The number of aromatic nitrogens is 2. The number of hydrogen-bond donors (Lipinski definition) is 4. The van der Waals surface area contributed by atoms with E-state index in [4.69, 9.17) is 15.9 Å². The number of aliphatic hydroxyl groups excluding tert-OH is 1. The zero-order valence-electron chi connectivity index (χ0n) is 17.8. The summed E-state index contributed by atoms with van der Waals surface area (Å²) in [7, 11) is 0. The van der Waals surface area contributed by atoms with Crippen molar-refractivity contribution in [3.63, 3.8) is 0 Å². The molecular formula is C21H26N4O7S. The van der Waals surface area contributed by atoms with Crippen LogP contribution in [-0.4, -0.2) is 68.6 Å². The summed E-state index contributed by atoms with van der Waals surface area (Å²) in [5.41, 5.74) is -1.40. The molecule has 2 amide bonds. The minimum atomic E-state index is -0.946. The number of H-pyrrole nitrogens is 1. The van der Waals surface area contributed by atoms with Crippen LogP contribution in [0.3, 0.4) is 0 Å². The van der Waals surface area contributed by atoms with Crippen molar-refractivity contribution in [2.75, 3.05) is 12.4 Å². The lowest BCUT2D eigenvalue weighted by Gasteiger charge is -2.17. The second-order valence-corrected chi connectivity index (χ2v) is 9.61. The minimum Gasteiger partial charge on any atom is -0.463 e. The van der Waals surface area contributed by atoms with Crippen LogP contribution in [0.25, 0.3) is 0 Å². The van der Waals surface area contributed by atoms with E-state index in [1.807, 2.05) is 11.8 Å². The average molecular weight is 479 g/mol. The van der Waals surface area contributed by atoms with Gasteiger partial charge in [-0.15, -0.1) is 6.42 Å². The SMILES string of the molecule is C#Cc1cn([C@H]2C[C@H](O)[C@@H](COC(=O)CCCC[C@@H]3SC[C@@H]4NC(=O)N[C@@H]43)O2)c(=O)[nH]c1=O. The van der Waals surface area contributed by atoms with Gasteiger partial charge >= 0.3 is 17.7 Å². The number of carbonyl (C=O) groups excluding carboxylic acids is 2. The number of nitrogens with one attached hydrogen (secondary N) is 3. The highest BCUT2D eigenvalue weighted by Gasteiger charge is 2.42. The number of nitrogens with zero attached hydrogens (tertiary/aromatic N) is 1. The molecule has 0 saturated carbocycles. The average Bonchev–Trinajstić information content (AvgIpc) is 3.44. The molecular weight excluding hydrogens is 452 g/mol. The number of carbonyl (C=O) groups is 2. The maximum atomic E-state index is 12.1. The number of hydrogen-bond acceptors (Lipinski definition) is 8. The van der Waals surface area contributed by atoms with Gasteiger partial charge in [0.05, 0.1) is 18.2 Å². The van der Waals surface area contributed by atoms with Crippen LogP contribution in [0.2, 0.25) is 0 Å². The molecule has 0 aliphatic carbocycles. The van der Waals surface area contributed by atoms with Gasteiger partial charge in [0.1, 0.15) is 24.5 Å². The third-order valence-electron chi connectivity index (χ3n) is 6.10. The smallest absolute Gasteiger partial charge is 0.330 e. The number of urea groups is 1. The van der Waals surface area contributed by atoms with Gasteiger partial charge in [0, 0.05) is 30.0 Å². The summed E-state index contributed by atoms with van der Waals surface area (Å²) >= 11 is 1.83. The van der Waals surface area contributed by atoms with E-state index in [1.54, 1.807) is 0 Å². The van der Waals surface area contributed by atoms with Gasteiger partial charge in [-0.05, 0) is 12.8 Å². The maximum Gasteiger partial charge on any atom is 0.330 e. The molecule has 1 aromatic rings. The van der Waals surface area contributed by atoms with Crippen molar-refractivity contribution in [3.05, 3.63) is 32.6 Å². The second-order valence-electron chi connectivity index (χ2n) is 8.34. The number of ether oxygens (including phenoxy) is 2. The number of esters is 1. The van der Waals surface area contributed by atoms with E-state index in [0.717, 1.165) is 23.2 Å². The summed E-state index contributed by atoms with van der Waals surface area (Å²) < 4.78 is 12.1. The lowest BCUT2D eigenvalue weighted by atomic mass is 10.0. The Morgan fingerprint density at radius 3 is 2.94 bits per heavy atom. The second kappa shape index (κ2) is 10.0. The molecule has 6 atom stereocenters. The number of terminal acetylenes is 1. The lowest BCUT2D eigenvalue weighted by Crippen LogP contribution is -2.36. The Balaban J connectivity index is 1.18. The Labute approximate surface area is 193 Å². The monoisotopic (exact) mass is 478 g/mol. The molecule has 0 aromatic carbocycles. The van der Waals surface area contributed by atoms with Gasteiger partial charge in [-0.3, -0.25) is 19.1 Å². The third kappa shape index (κ3) is 5.26. The van der Waals surface area contributed by atoms with Crippen LogP contribution in [0, 0.1) is 12.3 Å². The van der Waals surface area contributed by atoms with E-state index in [1.165, 1.54) is 6.20 Å². The fourth-order valence-electron chi connectivity index (χ4n) is 4.34. The molecule has 0 spiro atoms. The van der Waals surface area contributed by atoms with Crippen LogP contribution >= 0.6 is 11.8 Å². The number of unbranched alkanes of at least 4 members (excludes halogenated alkanes) is 1. The highest BCUT2D eigenvalue weighted by atomic mass is 32.2. The van der Waals surface area contributed by atoms with Crippen molar-refractivity contribution in [1.82, 2.24) is 20.2 Å². The Morgan fingerprint density at radius 1 is 1.33 bits per heavy atom. The molecule has 3 aliphatic rings. The summed E-state index contributed by atoms with van der Waals surface area (Å²) in [5, 5.41) is 16.5. The third-order valence-corrected chi connectivity index (χ3v) is 7.61. The van der Waals surface area contributed by atoms with Crippen molar-refractivity contribution in [2.45, 2.75) is 67.9 Å². The minimum absolute atomic E-state index is 0.0272. The molecule has 3 saturated heterocycles. The van der Waals surface area contributed by atoms with E-state index in [2.05, 4.69) is 21.5 Å². The van der Waals surface area contributed by atoms with Gasteiger partial charge in [0.25, 0.3) is 5.56 Å². The van der Waals surface area contributed by atoms with Crippen LogP contribution in [0.5, 0.6) is 0 Å². The first-order valence-electron chi connectivity index (χ1n) is 10.9. The number of aliphatic hydroxyl groups is 1. The molecule has 33 heavy (non-hydrogen) atoms. The zero-order valence-corrected chi connectivity index (χ0v) is 18.6. The van der Waals surface area contributed by atoms with E-state index in [9.17, 15) is 24.3 Å². The first-order valence-corrected chi connectivity index (χ1v) is 11.9. The Kier molecular flexibility index (Phi) is 7.11. The summed E-state index contributed by atoms with van der Waals surface area (Å²) in [6.45, 7) is -0.142. The summed E-state index contributed by atoms with van der Waals surface area (Å²) in [5.74, 6) is 2.70. The van der Waals surface area contributed by atoms with Gasteiger partial charge in [-0.25, -0.2) is 9.59 Å². The maximum absolute atomic E-state index is 12.1. The predicted octanol–water partition coefficient (Wildman–Crippen LogP) is -0.565. The Hall–Kier alpha value is -2.75. The van der Waals surface area contributed by atoms with E-state index in [-0.39, 0.29) is 43.1 Å². The molecule has 12 heteroatoms. The topological polar surface area (TPSA) is 152 Å². The lowest BCUT2D eigenvalue weighted by molar-refractivity contribution is -0.150. The molecule has 178 valence electrons. The molecule has 4 heterocycles. The fourth-order valence-corrected chi connectivity index (χ4v) is 5.89. The van der Waals surface area contributed by atoms with Crippen LogP contribution in [-0.2, 0) is 14.3 Å². The first kappa shape index (κ1) is 23.4. The predicted molar refractivity (Wildman–Crippen MR) is 119 cm³/mol. The van der Waals surface area contributed by atoms with Crippen molar-refractivity contribution in [1.29, 1.82) is 0 Å². The quantitative estimate of drug-likeness (QED) is 0.168. The molecule has 4 rings (SSSR count). The zero-order chi connectivity index (χ0) is 23.5. The van der Waals surface area contributed by atoms with E-state index < -0.39 is 35.7 Å². The van der Waals surface area contributed by atoms with Gasteiger partial charge in [-0.1, -0.05) is 12.3 Å². The summed E-state index contributed by atoms with van der Waals surface area (Å²) in [6, 6.07) is 0.221. The highest BCUT2D eigenvalue weighted by Crippen LogP contribution is 2.33. The largest absolute Gasteiger partial charge is 0.463 e. The highest BCUT2D eigenvalue weighted by molar-refractivity contribution is 8.00. The molecule has 0 bridgehead atoms. The van der Waals surface area contributed by atoms with Crippen molar-refractivity contribution < 1.29 is 24.2 Å². The number of rotatable bonds is 8. The standard InChI is InChI=1S/C21H26N4O7S/c1-2-11-8-25(21(30)24-19(11)28)16-7-13(26)14(32-16)9-31-17(27)6-4-3-5-15-18-12(10-33-15)22-20(29)23-18/h1,8,12-16,18,26H,3-7,9-10H2,(H2,22,23,29)(H,24,28,30)/t12-,13-,14+,15-,16+,18-/m0/s1. The van der Waals surface area contributed by atoms with Crippen molar-refractivity contribution in [3.8, 4) is 12.3 Å². The van der Waals surface area contributed by atoms with Gasteiger partial charge in [0.15, 0.2) is 0 Å². The van der Waals surface area contributed by atoms with Crippen molar-refractivity contribution in [2.24, 2.45) is 0 Å². The normalized spacial score (nSPS) is 30.4. The Bertz CT molecular complexity index is 1060. The number of thioether (sulfide) groups is 1. The number of fused-ring (bicyclic) bond motifs is 1.